The number of piperidine rings is 1. The molecule has 0 saturated carbocycles. The highest BCUT2D eigenvalue weighted by Crippen LogP contribution is 2.30. The number of methoxy groups -OCH3 is 1. The van der Waals surface area contributed by atoms with Crippen LogP contribution < -0.4 is 19.9 Å². The van der Waals surface area contributed by atoms with E-state index in [1.54, 1.807) is 19.2 Å². The number of hydrogen-bond donors (Lipinski definition) is 1. The maximum absolute atomic E-state index is 13.1. The Morgan fingerprint density at radius 3 is 2.31 bits per heavy atom. The molecule has 2 fully saturated rings. The first-order chi connectivity index (χ1) is 15.5. The molecule has 2 heterocycles. The van der Waals surface area contributed by atoms with Crippen molar-refractivity contribution in [1.82, 2.24) is 5.32 Å². The van der Waals surface area contributed by atoms with Crippen LogP contribution in [-0.4, -0.2) is 38.0 Å². The van der Waals surface area contributed by atoms with Gasteiger partial charge in [-0.05, 0) is 61.6 Å². The summed E-state index contributed by atoms with van der Waals surface area (Å²) >= 11 is 0. The number of carbonyl (C=O) groups excluding carboxylic acids is 3. The molecule has 2 aromatic rings. The third-order valence-corrected chi connectivity index (χ3v) is 5.94. The molecule has 2 aliphatic rings. The summed E-state index contributed by atoms with van der Waals surface area (Å²) < 4.78 is 5.55. The Balaban J connectivity index is 1.66. The molecule has 2 aliphatic heterocycles. The van der Waals surface area contributed by atoms with E-state index in [-0.39, 0.29) is 5.57 Å². The van der Waals surface area contributed by atoms with E-state index in [0.717, 1.165) is 48.5 Å². The van der Waals surface area contributed by atoms with Gasteiger partial charge < -0.3 is 9.64 Å². The van der Waals surface area contributed by atoms with Gasteiger partial charge in [-0.3, -0.25) is 14.9 Å². The summed E-state index contributed by atoms with van der Waals surface area (Å²) in [6.07, 6.45) is 5.89. The van der Waals surface area contributed by atoms with Gasteiger partial charge in [-0.1, -0.05) is 19.1 Å². The van der Waals surface area contributed by atoms with Gasteiger partial charge in [0, 0.05) is 30.4 Å². The number of nitrogens with zero attached hydrogens (tertiary/aromatic N) is 2. The minimum Gasteiger partial charge on any atom is -0.496 e. The maximum Gasteiger partial charge on any atom is 0.335 e. The largest absolute Gasteiger partial charge is 0.496 e. The summed E-state index contributed by atoms with van der Waals surface area (Å²) in [7, 11) is 1.56. The van der Waals surface area contributed by atoms with E-state index in [1.165, 1.54) is 12.5 Å². The predicted molar refractivity (Wildman–Crippen MR) is 124 cm³/mol. The molecule has 4 amide bonds. The molecule has 2 aromatic carbocycles. The Hall–Kier alpha value is -3.61. The van der Waals surface area contributed by atoms with Crippen LogP contribution in [0, 0.1) is 0 Å². The lowest BCUT2D eigenvalue weighted by Gasteiger charge is -2.29. The molecule has 4 rings (SSSR count). The second-order valence-electron chi connectivity index (χ2n) is 7.95. The molecule has 0 atom stereocenters. The third-order valence-electron chi connectivity index (χ3n) is 5.94. The fraction of sp³-hybridized carbons (Fsp3) is 0.320. The van der Waals surface area contributed by atoms with Crippen molar-refractivity contribution >= 4 is 35.3 Å². The topological polar surface area (TPSA) is 79.0 Å². The number of aryl methyl sites for hydroxylation is 1. The van der Waals surface area contributed by atoms with E-state index in [4.69, 9.17) is 4.74 Å². The molecule has 0 spiro atoms. The Kier molecular flexibility index (Phi) is 6.25. The molecule has 2 saturated heterocycles. The number of urea groups is 1. The highest BCUT2D eigenvalue weighted by atomic mass is 16.5. The third kappa shape index (κ3) is 4.23. The summed E-state index contributed by atoms with van der Waals surface area (Å²) in [4.78, 5) is 41.4. The highest BCUT2D eigenvalue weighted by Gasteiger charge is 2.37. The van der Waals surface area contributed by atoms with Crippen molar-refractivity contribution in [2.45, 2.75) is 32.6 Å². The highest BCUT2D eigenvalue weighted by molar-refractivity contribution is 6.39. The number of hydrogen-bond acceptors (Lipinski definition) is 5. The summed E-state index contributed by atoms with van der Waals surface area (Å²) in [6.45, 7) is 4.02. The number of imide groups is 2. The van der Waals surface area contributed by atoms with Gasteiger partial charge in [-0.2, -0.15) is 0 Å². The van der Waals surface area contributed by atoms with Crippen LogP contribution in [0.15, 0.2) is 48.0 Å². The first kappa shape index (κ1) is 21.6. The number of ether oxygens (including phenoxy) is 1. The van der Waals surface area contributed by atoms with Crippen molar-refractivity contribution in [3.05, 3.63) is 59.2 Å². The van der Waals surface area contributed by atoms with Crippen LogP contribution in [0.4, 0.5) is 16.2 Å². The molecule has 0 radical (unpaired) electrons. The van der Waals surface area contributed by atoms with E-state index in [2.05, 4.69) is 10.2 Å². The Morgan fingerprint density at radius 2 is 1.66 bits per heavy atom. The van der Waals surface area contributed by atoms with E-state index < -0.39 is 17.8 Å². The van der Waals surface area contributed by atoms with Gasteiger partial charge in [-0.15, -0.1) is 0 Å². The standard InChI is InChI=1S/C25H27N3O4/c1-3-17-7-10-19(11-8-17)28-24(30)21(23(29)26-25(28)31)15-18-9-12-20(16-22(18)32-2)27-13-5-4-6-14-27/h7-12,15-16H,3-6,13-14H2,1-2H3,(H,26,29,31)/b21-15+. The molecule has 0 bridgehead atoms. The molecular formula is C25H27N3O4. The normalized spacial score (nSPS) is 18.2. The lowest BCUT2D eigenvalue weighted by Crippen LogP contribution is -2.54. The zero-order valence-electron chi connectivity index (χ0n) is 18.4. The maximum atomic E-state index is 13.1. The fourth-order valence-corrected chi connectivity index (χ4v) is 4.10. The quantitative estimate of drug-likeness (QED) is 0.571. The van der Waals surface area contributed by atoms with Crippen molar-refractivity contribution < 1.29 is 19.1 Å². The van der Waals surface area contributed by atoms with Crippen LogP contribution in [0.25, 0.3) is 6.08 Å². The SMILES string of the molecule is CCc1ccc(N2C(=O)NC(=O)/C(=C\c3ccc(N4CCCCC4)cc3OC)C2=O)cc1. The molecule has 32 heavy (non-hydrogen) atoms. The van der Waals surface area contributed by atoms with Gasteiger partial charge in [-0.25, -0.2) is 9.69 Å². The zero-order chi connectivity index (χ0) is 22.7. The van der Waals surface area contributed by atoms with Gasteiger partial charge in [0.15, 0.2) is 0 Å². The van der Waals surface area contributed by atoms with Crippen LogP contribution >= 0.6 is 0 Å². The minimum atomic E-state index is -0.756. The van der Waals surface area contributed by atoms with Gasteiger partial charge in [0.05, 0.1) is 12.8 Å². The van der Waals surface area contributed by atoms with Gasteiger partial charge in [0.2, 0.25) is 0 Å². The first-order valence-electron chi connectivity index (χ1n) is 10.9. The Morgan fingerprint density at radius 1 is 0.969 bits per heavy atom. The zero-order valence-corrected chi connectivity index (χ0v) is 18.4. The molecular weight excluding hydrogens is 406 g/mol. The smallest absolute Gasteiger partial charge is 0.335 e. The van der Waals surface area contributed by atoms with Gasteiger partial charge in [0.25, 0.3) is 11.8 Å². The lowest BCUT2D eigenvalue weighted by molar-refractivity contribution is -0.122. The minimum absolute atomic E-state index is 0.117. The van der Waals surface area contributed by atoms with Crippen LogP contribution in [0.2, 0.25) is 0 Å². The fourth-order valence-electron chi connectivity index (χ4n) is 4.10. The molecule has 1 N–H and O–H groups in total. The number of anilines is 2. The van der Waals surface area contributed by atoms with Crippen molar-refractivity contribution in [2.24, 2.45) is 0 Å². The average molecular weight is 434 g/mol. The predicted octanol–water partition coefficient (Wildman–Crippen LogP) is 3.91. The summed E-state index contributed by atoms with van der Waals surface area (Å²) in [6, 6.07) is 12.1. The summed E-state index contributed by atoms with van der Waals surface area (Å²) in [5.74, 6) is -0.814. The van der Waals surface area contributed by atoms with Crippen molar-refractivity contribution in [1.29, 1.82) is 0 Å². The molecule has 0 aliphatic carbocycles. The van der Waals surface area contributed by atoms with E-state index in [0.29, 0.717) is 17.0 Å². The number of amides is 4. The van der Waals surface area contributed by atoms with Crippen molar-refractivity contribution in [2.75, 3.05) is 30.0 Å². The lowest BCUT2D eigenvalue weighted by atomic mass is 10.0. The second kappa shape index (κ2) is 9.26. The van der Waals surface area contributed by atoms with Crippen LogP contribution in [-0.2, 0) is 16.0 Å². The monoisotopic (exact) mass is 433 g/mol. The second-order valence-corrected chi connectivity index (χ2v) is 7.95. The average Bonchev–Trinajstić information content (AvgIpc) is 2.82. The van der Waals surface area contributed by atoms with Gasteiger partial charge in [0.1, 0.15) is 11.3 Å². The molecule has 0 aromatic heterocycles. The number of carbonyl (C=O) groups is 3. The van der Waals surface area contributed by atoms with Crippen LogP contribution in [0.3, 0.4) is 0 Å². The molecule has 166 valence electrons. The molecule has 7 heteroatoms. The number of rotatable bonds is 5. The molecule has 0 unspecified atom stereocenters. The molecule has 7 nitrogen and oxygen atoms in total. The van der Waals surface area contributed by atoms with Crippen LogP contribution in [0.1, 0.15) is 37.3 Å². The van der Waals surface area contributed by atoms with Gasteiger partial charge >= 0.3 is 6.03 Å². The van der Waals surface area contributed by atoms with E-state index in [1.807, 2.05) is 37.3 Å². The number of barbiturate groups is 1. The summed E-state index contributed by atoms with van der Waals surface area (Å²) in [5, 5.41) is 2.27. The number of benzene rings is 2. The number of nitrogens with one attached hydrogen (secondary N) is 1. The van der Waals surface area contributed by atoms with Crippen molar-refractivity contribution in [3.8, 4) is 5.75 Å². The van der Waals surface area contributed by atoms with Crippen molar-refractivity contribution in [3.63, 3.8) is 0 Å². The Labute approximate surface area is 187 Å². The Bertz CT molecular complexity index is 1070. The van der Waals surface area contributed by atoms with E-state index >= 15 is 0 Å². The van der Waals surface area contributed by atoms with Crippen LogP contribution in [0.5, 0.6) is 5.75 Å². The summed E-state index contributed by atoms with van der Waals surface area (Å²) in [5.41, 5.74) is 3.03. The first-order valence-corrected chi connectivity index (χ1v) is 10.9. The van der Waals surface area contributed by atoms with E-state index in [9.17, 15) is 14.4 Å².